The Bertz CT molecular complexity index is 592. The predicted octanol–water partition coefficient (Wildman–Crippen LogP) is 2.37. The van der Waals surface area contributed by atoms with Crippen LogP contribution in [0.1, 0.15) is 33.8 Å². The van der Waals surface area contributed by atoms with Crippen LogP contribution in [0.25, 0.3) is 0 Å². The number of aromatic nitrogens is 2. The number of hydrogen-bond acceptors (Lipinski definition) is 3. The van der Waals surface area contributed by atoms with Gasteiger partial charge in [-0.05, 0) is 12.1 Å². The molecule has 3 heterocycles. The van der Waals surface area contributed by atoms with Crippen LogP contribution in [0.2, 0.25) is 0 Å². The highest BCUT2D eigenvalue weighted by Crippen LogP contribution is 2.27. The zero-order valence-corrected chi connectivity index (χ0v) is 10.6. The van der Waals surface area contributed by atoms with Crippen LogP contribution >= 0.6 is 11.3 Å². The summed E-state index contributed by atoms with van der Waals surface area (Å²) in [6.45, 7) is 3.22. The Kier molecular flexibility index (Phi) is 2.66. The minimum absolute atomic E-state index is 0.109. The second-order valence-electron chi connectivity index (χ2n) is 4.50. The molecule has 0 aliphatic carbocycles. The molecule has 0 aromatic carbocycles. The van der Waals surface area contributed by atoms with Crippen LogP contribution in [0.4, 0.5) is 4.39 Å². The second-order valence-corrected chi connectivity index (χ2v) is 5.53. The van der Waals surface area contributed by atoms with Crippen LogP contribution in [-0.4, -0.2) is 27.5 Å². The summed E-state index contributed by atoms with van der Waals surface area (Å²) in [4.78, 5) is 14.4. The van der Waals surface area contributed by atoms with E-state index in [-0.39, 0.29) is 17.0 Å². The Hall–Kier alpha value is -1.69. The molecule has 1 amide bonds. The van der Waals surface area contributed by atoms with Gasteiger partial charge in [-0.1, -0.05) is 6.92 Å². The molecule has 94 valence electrons. The van der Waals surface area contributed by atoms with Crippen molar-refractivity contribution in [2.45, 2.75) is 19.4 Å². The quantitative estimate of drug-likeness (QED) is 0.860. The average Bonchev–Trinajstić information content (AvgIpc) is 2.96. The first kappa shape index (κ1) is 11.4. The van der Waals surface area contributed by atoms with Crippen molar-refractivity contribution in [3.63, 3.8) is 0 Å². The smallest absolute Gasteiger partial charge is 0.264 e. The van der Waals surface area contributed by atoms with Crippen molar-refractivity contribution in [1.29, 1.82) is 0 Å². The van der Waals surface area contributed by atoms with Gasteiger partial charge in [0, 0.05) is 30.3 Å². The van der Waals surface area contributed by atoms with Gasteiger partial charge in [0.25, 0.3) is 5.91 Å². The molecule has 18 heavy (non-hydrogen) atoms. The van der Waals surface area contributed by atoms with Crippen LogP contribution in [-0.2, 0) is 6.54 Å². The molecule has 0 radical (unpaired) electrons. The molecule has 0 spiro atoms. The van der Waals surface area contributed by atoms with Crippen molar-refractivity contribution in [2.24, 2.45) is 0 Å². The van der Waals surface area contributed by atoms with E-state index in [0.717, 1.165) is 22.6 Å². The highest BCUT2D eigenvalue weighted by Gasteiger charge is 2.28. The third-order valence-corrected chi connectivity index (χ3v) is 4.03. The van der Waals surface area contributed by atoms with Gasteiger partial charge in [-0.15, -0.1) is 11.3 Å². The van der Waals surface area contributed by atoms with E-state index >= 15 is 0 Å². The Labute approximate surface area is 107 Å². The van der Waals surface area contributed by atoms with E-state index in [1.54, 1.807) is 11.1 Å². The third kappa shape index (κ3) is 1.82. The molecule has 0 fully saturated rings. The van der Waals surface area contributed by atoms with Gasteiger partial charge in [0.15, 0.2) is 5.13 Å². The van der Waals surface area contributed by atoms with Crippen molar-refractivity contribution in [1.82, 2.24) is 15.1 Å². The lowest BCUT2D eigenvalue weighted by Gasteiger charge is -2.30. The summed E-state index contributed by atoms with van der Waals surface area (Å²) in [5.74, 6) is 0.118. The van der Waals surface area contributed by atoms with Gasteiger partial charge in [0.1, 0.15) is 0 Å². The van der Waals surface area contributed by atoms with Crippen LogP contribution in [0.3, 0.4) is 0 Å². The number of halogens is 1. The van der Waals surface area contributed by atoms with Crippen molar-refractivity contribution >= 4 is 17.2 Å². The second kappa shape index (κ2) is 4.20. The lowest BCUT2D eigenvalue weighted by atomic mass is 9.98. The number of nitrogens with zero attached hydrogens (tertiary/aromatic N) is 2. The molecule has 3 rings (SSSR count). The van der Waals surface area contributed by atoms with Crippen molar-refractivity contribution in [3.8, 4) is 0 Å². The number of aromatic amines is 1. The molecule has 2 aromatic rings. The number of thiophene rings is 1. The SMILES string of the molecule is CC1CN(C(=O)c2ccc(F)s2)Cc2cn[nH]c21. The van der Waals surface area contributed by atoms with Gasteiger partial charge in [0.05, 0.1) is 11.1 Å². The third-order valence-electron chi connectivity index (χ3n) is 3.17. The first-order valence-corrected chi connectivity index (χ1v) is 6.53. The first-order valence-electron chi connectivity index (χ1n) is 5.72. The first-order chi connectivity index (χ1) is 8.65. The molecule has 1 unspecified atom stereocenters. The molecule has 0 bridgehead atoms. The lowest BCUT2D eigenvalue weighted by Crippen LogP contribution is -2.37. The predicted molar refractivity (Wildman–Crippen MR) is 66.0 cm³/mol. The molecule has 1 aliphatic rings. The van der Waals surface area contributed by atoms with E-state index in [2.05, 4.69) is 10.2 Å². The van der Waals surface area contributed by atoms with E-state index in [4.69, 9.17) is 0 Å². The molecule has 1 atom stereocenters. The van der Waals surface area contributed by atoms with Crippen molar-refractivity contribution < 1.29 is 9.18 Å². The van der Waals surface area contributed by atoms with Gasteiger partial charge < -0.3 is 4.90 Å². The number of hydrogen-bond donors (Lipinski definition) is 1. The number of rotatable bonds is 1. The van der Waals surface area contributed by atoms with Crippen LogP contribution in [0.15, 0.2) is 18.3 Å². The summed E-state index contributed by atoms with van der Waals surface area (Å²) < 4.78 is 13.0. The van der Waals surface area contributed by atoms with E-state index in [1.165, 1.54) is 12.1 Å². The fourth-order valence-electron chi connectivity index (χ4n) is 2.31. The number of nitrogens with one attached hydrogen (secondary N) is 1. The molecule has 4 nitrogen and oxygen atoms in total. The number of carbonyl (C=O) groups is 1. The Morgan fingerprint density at radius 3 is 3.17 bits per heavy atom. The Morgan fingerprint density at radius 2 is 2.44 bits per heavy atom. The minimum atomic E-state index is -0.326. The van der Waals surface area contributed by atoms with E-state index in [9.17, 15) is 9.18 Å². The maximum atomic E-state index is 13.0. The summed E-state index contributed by atoms with van der Waals surface area (Å²) >= 11 is 0.893. The standard InChI is InChI=1S/C12H12FN3OS/c1-7-5-16(6-8-4-14-15-11(7)8)12(17)9-2-3-10(13)18-9/h2-4,7H,5-6H2,1H3,(H,14,15). The fraction of sp³-hybridized carbons (Fsp3) is 0.333. The van der Waals surface area contributed by atoms with Crippen molar-refractivity contribution in [2.75, 3.05) is 6.54 Å². The number of carbonyl (C=O) groups excluding carboxylic acids is 1. The maximum Gasteiger partial charge on any atom is 0.264 e. The largest absolute Gasteiger partial charge is 0.333 e. The normalized spacial score (nSPS) is 18.8. The summed E-state index contributed by atoms with van der Waals surface area (Å²) in [6, 6.07) is 2.87. The van der Waals surface area contributed by atoms with Crippen LogP contribution in [0.5, 0.6) is 0 Å². The number of fused-ring (bicyclic) bond motifs is 1. The Balaban J connectivity index is 1.85. The van der Waals surface area contributed by atoms with Crippen molar-refractivity contribution in [3.05, 3.63) is 39.6 Å². The van der Waals surface area contributed by atoms with Gasteiger partial charge in [-0.3, -0.25) is 9.89 Å². The van der Waals surface area contributed by atoms with Crippen LogP contribution in [0, 0.1) is 5.13 Å². The molecule has 6 heteroatoms. The number of amides is 1. The molecule has 2 aromatic heterocycles. The average molecular weight is 265 g/mol. The van der Waals surface area contributed by atoms with Gasteiger partial charge >= 0.3 is 0 Å². The minimum Gasteiger partial charge on any atom is -0.333 e. The topological polar surface area (TPSA) is 49.0 Å². The maximum absolute atomic E-state index is 13.0. The summed E-state index contributed by atoms with van der Waals surface area (Å²) in [5, 5.41) is 6.64. The number of H-pyrrole nitrogens is 1. The zero-order chi connectivity index (χ0) is 12.7. The molecule has 1 aliphatic heterocycles. The van der Waals surface area contributed by atoms with E-state index in [0.29, 0.717) is 18.0 Å². The van der Waals surface area contributed by atoms with E-state index in [1.807, 2.05) is 6.92 Å². The highest BCUT2D eigenvalue weighted by molar-refractivity contribution is 7.12. The summed E-state index contributed by atoms with van der Waals surface area (Å²) in [6.07, 6.45) is 1.75. The summed E-state index contributed by atoms with van der Waals surface area (Å²) in [5.41, 5.74) is 2.13. The zero-order valence-electron chi connectivity index (χ0n) is 9.81. The lowest BCUT2D eigenvalue weighted by molar-refractivity contribution is 0.0725. The molecule has 0 saturated carbocycles. The molecular weight excluding hydrogens is 253 g/mol. The summed E-state index contributed by atoms with van der Waals surface area (Å²) in [7, 11) is 0. The van der Waals surface area contributed by atoms with Gasteiger partial charge in [-0.2, -0.15) is 9.49 Å². The molecular formula is C12H12FN3OS. The van der Waals surface area contributed by atoms with E-state index < -0.39 is 0 Å². The highest BCUT2D eigenvalue weighted by atomic mass is 32.1. The molecule has 0 saturated heterocycles. The van der Waals surface area contributed by atoms with Gasteiger partial charge in [0.2, 0.25) is 0 Å². The molecule has 1 N–H and O–H groups in total. The monoisotopic (exact) mass is 265 g/mol. The van der Waals surface area contributed by atoms with Crippen LogP contribution < -0.4 is 0 Å². The van der Waals surface area contributed by atoms with Gasteiger partial charge in [-0.25, -0.2) is 0 Å². The fourth-order valence-corrected chi connectivity index (χ4v) is 3.00. The Morgan fingerprint density at radius 1 is 1.61 bits per heavy atom.